The van der Waals surface area contributed by atoms with E-state index < -0.39 is 0 Å². The van der Waals surface area contributed by atoms with E-state index in [1.54, 1.807) is 0 Å². The number of halogens is 2. The predicted octanol–water partition coefficient (Wildman–Crippen LogP) is 4.09. The monoisotopic (exact) mass is 318 g/mol. The van der Waals surface area contributed by atoms with Crippen LogP contribution in [0.25, 0.3) is 0 Å². The van der Waals surface area contributed by atoms with E-state index in [1.807, 2.05) is 6.07 Å². The summed E-state index contributed by atoms with van der Waals surface area (Å²) >= 11 is 0. The smallest absolute Gasteiger partial charge is 0.0349 e. The molecule has 0 aromatic heterocycles. The molecule has 0 fully saturated rings. The van der Waals surface area contributed by atoms with Crippen molar-refractivity contribution in [2.45, 2.75) is 52.0 Å². The maximum atomic E-state index is 6.13. The molecule has 4 heteroatoms. The van der Waals surface area contributed by atoms with Gasteiger partial charge in [0.1, 0.15) is 0 Å². The first kappa shape index (κ1) is 19.6. The first-order chi connectivity index (χ1) is 8.76. The van der Waals surface area contributed by atoms with E-state index in [-0.39, 0.29) is 24.8 Å². The Morgan fingerprint density at radius 2 is 1.80 bits per heavy atom. The molecule has 20 heavy (non-hydrogen) atoms. The van der Waals surface area contributed by atoms with Crippen molar-refractivity contribution in [1.82, 2.24) is 4.90 Å². The summed E-state index contributed by atoms with van der Waals surface area (Å²) in [6.45, 7) is 6.99. The van der Waals surface area contributed by atoms with Crippen LogP contribution in [0.4, 0.5) is 5.69 Å². The van der Waals surface area contributed by atoms with Gasteiger partial charge in [-0.25, -0.2) is 0 Å². The Morgan fingerprint density at radius 3 is 2.40 bits per heavy atom. The third-order valence-corrected chi connectivity index (χ3v) is 4.03. The van der Waals surface area contributed by atoms with Crippen LogP contribution < -0.4 is 5.73 Å². The lowest BCUT2D eigenvalue weighted by molar-refractivity contribution is 0.180. The lowest BCUT2D eigenvalue weighted by Crippen LogP contribution is -2.40. The summed E-state index contributed by atoms with van der Waals surface area (Å²) < 4.78 is 0. The number of nitrogen functional groups attached to an aromatic ring is 1. The van der Waals surface area contributed by atoms with Crippen LogP contribution in [-0.4, -0.2) is 24.0 Å². The zero-order valence-corrected chi connectivity index (χ0v) is 14.2. The highest BCUT2D eigenvalue weighted by Gasteiger charge is 2.24. The van der Waals surface area contributed by atoms with Crippen LogP contribution in [0.15, 0.2) is 18.2 Å². The third kappa shape index (κ3) is 4.54. The van der Waals surface area contributed by atoms with Gasteiger partial charge in [-0.1, -0.05) is 26.0 Å². The fraction of sp³-hybridized carbons (Fsp3) is 0.625. The molecule has 2 N–H and O–H groups in total. The van der Waals surface area contributed by atoms with Crippen LogP contribution in [0.3, 0.4) is 0 Å². The van der Waals surface area contributed by atoms with Crippen LogP contribution in [0.1, 0.15) is 44.2 Å². The summed E-state index contributed by atoms with van der Waals surface area (Å²) in [5.41, 5.74) is 10.0. The number of nitrogens with zero attached hydrogens (tertiary/aromatic N) is 1. The number of benzene rings is 1. The fourth-order valence-corrected chi connectivity index (χ4v) is 3.16. The fourth-order valence-electron chi connectivity index (χ4n) is 3.16. The molecule has 0 saturated heterocycles. The molecule has 0 spiro atoms. The molecule has 0 heterocycles. The zero-order valence-electron chi connectivity index (χ0n) is 12.6. The Kier molecular flexibility index (Phi) is 9.28. The number of aryl methyl sites for hydroxylation is 1. The molecule has 0 saturated carbocycles. The van der Waals surface area contributed by atoms with E-state index >= 15 is 0 Å². The highest BCUT2D eigenvalue weighted by molar-refractivity contribution is 5.85. The van der Waals surface area contributed by atoms with Gasteiger partial charge < -0.3 is 10.6 Å². The highest BCUT2D eigenvalue weighted by atomic mass is 35.5. The van der Waals surface area contributed by atoms with E-state index in [4.69, 9.17) is 5.73 Å². The van der Waals surface area contributed by atoms with E-state index in [2.05, 4.69) is 30.9 Å². The van der Waals surface area contributed by atoms with Crippen LogP contribution in [0.2, 0.25) is 0 Å². The summed E-state index contributed by atoms with van der Waals surface area (Å²) in [7, 11) is 0. The number of hydrogen-bond acceptors (Lipinski definition) is 2. The van der Waals surface area contributed by atoms with Gasteiger partial charge in [-0.15, -0.1) is 24.8 Å². The Labute approximate surface area is 135 Å². The second-order valence-electron chi connectivity index (χ2n) is 5.42. The Balaban J connectivity index is 0.00000180. The number of rotatable bonds is 5. The Morgan fingerprint density at radius 1 is 1.15 bits per heavy atom. The van der Waals surface area contributed by atoms with Gasteiger partial charge in [0.2, 0.25) is 0 Å². The summed E-state index contributed by atoms with van der Waals surface area (Å²) in [4.78, 5) is 2.66. The van der Waals surface area contributed by atoms with Crippen molar-refractivity contribution in [3.05, 3.63) is 29.3 Å². The largest absolute Gasteiger partial charge is 0.398 e. The molecule has 1 aromatic rings. The molecule has 116 valence electrons. The topological polar surface area (TPSA) is 29.3 Å². The molecule has 0 amide bonds. The highest BCUT2D eigenvalue weighted by Crippen LogP contribution is 2.28. The molecule has 1 atom stereocenters. The van der Waals surface area contributed by atoms with Gasteiger partial charge in [0.15, 0.2) is 0 Å². The zero-order chi connectivity index (χ0) is 13.0. The molecule has 2 nitrogen and oxygen atoms in total. The van der Waals surface area contributed by atoms with Crippen molar-refractivity contribution < 1.29 is 0 Å². The molecule has 0 bridgehead atoms. The maximum absolute atomic E-state index is 6.13. The second-order valence-corrected chi connectivity index (χ2v) is 5.42. The van der Waals surface area contributed by atoms with Crippen LogP contribution in [0, 0.1) is 0 Å². The van der Waals surface area contributed by atoms with Crippen LogP contribution in [0.5, 0.6) is 0 Å². The summed E-state index contributed by atoms with van der Waals surface area (Å²) in [5.74, 6) is 0. The van der Waals surface area contributed by atoms with Gasteiger partial charge in [0.05, 0.1) is 0 Å². The van der Waals surface area contributed by atoms with Crippen molar-refractivity contribution in [2.75, 3.05) is 18.8 Å². The lowest BCUT2D eigenvalue weighted by Gasteiger charge is -2.35. The first-order valence-electron chi connectivity index (χ1n) is 7.36. The van der Waals surface area contributed by atoms with E-state index in [1.165, 1.54) is 49.9 Å². The van der Waals surface area contributed by atoms with Gasteiger partial charge in [-0.05, 0) is 62.4 Å². The summed E-state index contributed by atoms with van der Waals surface area (Å²) in [5, 5.41) is 0. The van der Waals surface area contributed by atoms with Gasteiger partial charge in [0, 0.05) is 11.7 Å². The SMILES string of the molecule is CCCN(CCC)C1CCc2cccc(N)c2C1.Cl.Cl. The quantitative estimate of drug-likeness (QED) is 0.828. The predicted molar refractivity (Wildman–Crippen MR) is 93.3 cm³/mol. The molecule has 1 aliphatic rings. The van der Waals surface area contributed by atoms with Gasteiger partial charge in [0.25, 0.3) is 0 Å². The number of fused-ring (bicyclic) bond motifs is 1. The lowest BCUT2D eigenvalue weighted by atomic mass is 9.86. The van der Waals surface area contributed by atoms with Crippen molar-refractivity contribution in [2.24, 2.45) is 0 Å². The van der Waals surface area contributed by atoms with Gasteiger partial charge in [-0.3, -0.25) is 0 Å². The Bertz CT molecular complexity index is 390. The van der Waals surface area contributed by atoms with Gasteiger partial charge >= 0.3 is 0 Å². The van der Waals surface area contributed by atoms with Crippen LogP contribution in [-0.2, 0) is 12.8 Å². The number of nitrogens with two attached hydrogens (primary N) is 1. The number of anilines is 1. The number of hydrogen-bond donors (Lipinski definition) is 1. The first-order valence-corrected chi connectivity index (χ1v) is 7.36. The van der Waals surface area contributed by atoms with Crippen molar-refractivity contribution >= 4 is 30.5 Å². The van der Waals surface area contributed by atoms with E-state index in [0.717, 1.165) is 12.1 Å². The molecule has 0 radical (unpaired) electrons. The molecular formula is C16H28Cl2N2. The van der Waals surface area contributed by atoms with Crippen molar-refractivity contribution in [1.29, 1.82) is 0 Å². The second kappa shape index (κ2) is 9.49. The summed E-state index contributed by atoms with van der Waals surface area (Å²) in [6.07, 6.45) is 6.11. The normalized spacial score (nSPS) is 17.1. The van der Waals surface area contributed by atoms with Crippen LogP contribution >= 0.6 is 24.8 Å². The summed E-state index contributed by atoms with van der Waals surface area (Å²) in [6, 6.07) is 7.07. The third-order valence-electron chi connectivity index (χ3n) is 4.03. The standard InChI is InChI=1S/C16H26N2.2ClH/c1-3-10-18(11-4-2)14-9-8-13-6-5-7-16(17)15(13)12-14;;/h5-7,14H,3-4,8-12,17H2,1-2H3;2*1H. The minimum absolute atomic E-state index is 0. The van der Waals surface area contributed by atoms with E-state index in [9.17, 15) is 0 Å². The minimum atomic E-state index is 0. The molecule has 1 aliphatic carbocycles. The van der Waals surface area contributed by atoms with Crippen molar-refractivity contribution in [3.8, 4) is 0 Å². The van der Waals surface area contributed by atoms with Crippen molar-refractivity contribution in [3.63, 3.8) is 0 Å². The maximum Gasteiger partial charge on any atom is 0.0349 e. The van der Waals surface area contributed by atoms with Gasteiger partial charge in [-0.2, -0.15) is 0 Å². The average Bonchev–Trinajstić information content (AvgIpc) is 2.39. The molecule has 1 aromatic carbocycles. The Hall–Kier alpha value is -0.440. The molecule has 0 aliphatic heterocycles. The minimum Gasteiger partial charge on any atom is -0.398 e. The molecule has 1 unspecified atom stereocenters. The average molecular weight is 319 g/mol. The molecule has 2 rings (SSSR count). The molecular weight excluding hydrogens is 291 g/mol. The van der Waals surface area contributed by atoms with E-state index in [0.29, 0.717) is 6.04 Å².